The van der Waals surface area contributed by atoms with E-state index < -0.39 is 0 Å². The number of fused-ring (bicyclic) bond motifs is 2. The van der Waals surface area contributed by atoms with E-state index in [0.29, 0.717) is 5.41 Å². The van der Waals surface area contributed by atoms with Gasteiger partial charge in [-0.1, -0.05) is 95.5 Å². The summed E-state index contributed by atoms with van der Waals surface area (Å²) in [6.45, 7) is 15.8. The Morgan fingerprint density at radius 2 is 1.38 bits per heavy atom. The van der Waals surface area contributed by atoms with E-state index in [9.17, 15) is 0 Å². The van der Waals surface area contributed by atoms with Crippen LogP contribution >= 0.6 is 0 Å². The molecule has 0 unspecified atom stereocenters. The molecule has 0 fully saturated rings. The van der Waals surface area contributed by atoms with Gasteiger partial charge >= 0.3 is 0 Å². The monoisotopic (exact) mass is 588 g/mol. The van der Waals surface area contributed by atoms with Crippen molar-refractivity contribution in [1.82, 2.24) is 0 Å². The van der Waals surface area contributed by atoms with Gasteiger partial charge in [0, 0.05) is 25.8 Å². The minimum Gasteiger partial charge on any atom is -0.196 e. The Morgan fingerprint density at radius 1 is 0.812 bits per heavy atom. The van der Waals surface area contributed by atoms with E-state index in [0.717, 1.165) is 6.42 Å². The van der Waals surface area contributed by atoms with E-state index in [1.807, 2.05) is 0 Å². The number of hydrogen-bond acceptors (Lipinski definition) is 0. The van der Waals surface area contributed by atoms with Gasteiger partial charge in [0.15, 0.2) is 0 Å². The normalized spacial score (nSPS) is 14.0. The van der Waals surface area contributed by atoms with Crippen molar-refractivity contribution < 1.29 is 25.8 Å². The molecule has 0 amide bonds. The van der Waals surface area contributed by atoms with Gasteiger partial charge in [0.2, 0.25) is 0 Å². The van der Waals surface area contributed by atoms with Crippen molar-refractivity contribution in [3.63, 3.8) is 0 Å². The van der Waals surface area contributed by atoms with Crippen molar-refractivity contribution in [2.45, 2.75) is 67.7 Å². The summed E-state index contributed by atoms with van der Waals surface area (Å²) >= 11 is 0. The summed E-state index contributed by atoms with van der Waals surface area (Å²) in [5.74, 6) is 0. The predicted octanol–water partition coefficient (Wildman–Crippen LogP) is 8.22. The summed E-state index contributed by atoms with van der Waals surface area (Å²) in [5.41, 5.74) is 13.7. The van der Waals surface area contributed by atoms with E-state index in [1.165, 1.54) is 62.6 Å². The standard InChI is InChI=1S/C21H21.C10H15.Hf/c1-21(2)13-18-11-17-9-8-16(20(17)12-19(18)14-21)10-15-6-4-3-5-7-15;1-6-7(2)9(4)10(5)8(6)3;/h3-9,11-12H,10,13-14H2,1-2H3;1-5H3;/q2*-1;. The summed E-state index contributed by atoms with van der Waals surface area (Å²) in [5, 5.41) is 2.87. The van der Waals surface area contributed by atoms with Crippen LogP contribution in [0.1, 0.15) is 63.9 Å². The Morgan fingerprint density at radius 3 is 1.91 bits per heavy atom. The summed E-state index contributed by atoms with van der Waals surface area (Å²) in [6.07, 6.45) is 3.47. The molecule has 1 aliphatic carbocycles. The fourth-order valence-electron chi connectivity index (χ4n) is 5.20. The Labute approximate surface area is 213 Å². The smallest absolute Gasteiger partial charge is 0 e. The molecule has 0 nitrogen and oxygen atoms in total. The fourth-order valence-corrected chi connectivity index (χ4v) is 5.20. The molecular formula is C31H36Hf-2. The minimum absolute atomic E-state index is 0. The van der Waals surface area contributed by atoms with E-state index in [-0.39, 0.29) is 25.8 Å². The maximum atomic E-state index is 2.46. The van der Waals surface area contributed by atoms with E-state index in [2.05, 4.69) is 103 Å². The zero-order valence-electron chi connectivity index (χ0n) is 20.8. The van der Waals surface area contributed by atoms with Gasteiger partial charge in [0.25, 0.3) is 0 Å². The van der Waals surface area contributed by atoms with Gasteiger partial charge in [0.1, 0.15) is 0 Å². The molecule has 1 aliphatic rings. The van der Waals surface area contributed by atoms with Crippen LogP contribution in [0.3, 0.4) is 0 Å². The average Bonchev–Trinajstić information content (AvgIpc) is 3.32. The second-order valence-corrected chi connectivity index (χ2v) is 10.4. The molecule has 0 bridgehead atoms. The summed E-state index contributed by atoms with van der Waals surface area (Å²) in [4.78, 5) is 0. The molecule has 166 valence electrons. The molecule has 0 spiro atoms. The summed E-state index contributed by atoms with van der Waals surface area (Å²) < 4.78 is 0. The first-order valence-electron chi connectivity index (χ1n) is 11.6. The first-order chi connectivity index (χ1) is 14.7. The summed E-state index contributed by atoms with van der Waals surface area (Å²) in [6, 6.07) is 20.2. The first kappa shape index (κ1) is 24.9. The third kappa shape index (κ3) is 4.93. The van der Waals surface area contributed by atoms with Gasteiger partial charge in [-0.3, -0.25) is 0 Å². The zero-order chi connectivity index (χ0) is 22.3. The fraction of sp³-hybridized carbons (Fsp3) is 0.355. The molecule has 5 rings (SSSR count). The van der Waals surface area contributed by atoms with Crippen molar-refractivity contribution in [2.75, 3.05) is 0 Å². The van der Waals surface area contributed by atoms with Crippen LogP contribution in [0.5, 0.6) is 0 Å². The van der Waals surface area contributed by atoms with Crippen LogP contribution in [-0.2, 0) is 45.1 Å². The Kier molecular flexibility index (Phi) is 7.50. The molecule has 0 aliphatic heterocycles. The first-order valence-corrected chi connectivity index (χ1v) is 11.6. The van der Waals surface area contributed by atoms with Crippen LogP contribution in [-0.4, -0.2) is 0 Å². The average molecular weight is 587 g/mol. The van der Waals surface area contributed by atoms with Gasteiger partial charge < -0.3 is 0 Å². The van der Waals surface area contributed by atoms with Crippen molar-refractivity contribution in [2.24, 2.45) is 5.41 Å². The third-order valence-electron chi connectivity index (χ3n) is 7.57. The second kappa shape index (κ2) is 9.64. The van der Waals surface area contributed by atoms with Crippen LogP contribution < -0.4 is 0 Å². The molecular weight excluding hydrogens is 551 g/mol. The van der Waals surface area contributed by atoms with Crippen LogP contribution in [0, 0.1) is 40.0 Å². The van der Waals surface area contributed by atoms with Crippen molar-refractivity contribution in [1.29, 1.82) is 0 Å². The van der Waals surface area contributed by atoms with Crippen molar-refractivity contribution in [3.8, 4) is 0 Å². The van der Waals surface area contributed by atoms with E-state index in [1.54, 1.807) is 11.1 Å². The zero-order valence-corrected chi connectivity index (χ0v) is 24.4. The maximum Gasteiger partial charge on any atom is 0 e. The maximum absolute atomic E-state index is 2.46. The largest absolute Gasteiger partial charge is 0.196 e. The van der Waals surface area contributed by atoms with Gasteiger partial charge in [-0.05, 0) is 24.7 Å². The number of rotatable bonds is 2. The molecule has 0 radical (unpaired) electrons. The molecule has 0 aromatic heterocycles. The van der Waals surface area contributed by atoms with Crippen LogP contribution in [0.25, 0.3) is 10.8 Å². The van der Waals surface area contributed by atoms with Crippen LogP contribution in [0.4, 0.5) is 0 Å². The minimum atomic E-state index is 0. The van der Waals surface area contributed by atoms with Gasteiger partial charge in [-0.2, -0.15) is 33.9 Å². The Bertz CT molecular complexity index is 1130. The number of benzene rings is 2. The molecule has 32 heavy (non-hydrogen) atoms. The topological polar surface area (TPSA) is 0 Å². The molecule has 1 heteroatoms. The van der Waals surface area contributed by atoms with Crippen LogP contribution in [0.2, 0.25) is 0 Å². The SMILES string of the molecule is CC1(C)Cc2cc3cc[c-](Cc4ccccc4)c3cc2C1.Cc1c(C)c(C)[c-](C)c1C.[Hf]. The van der Waals surface area contributed by atoms with E-state index in [4.69, 9.17) is 0 Å². The quantitative estimate of drug-likeness (QED) is 0.164. The molecule has 0 saturated heterocycles. The van der Waals surface area contributed by atoms with E-state index >= 15 is 0 Å². The molecule has 4 aromatic rings. The van der Waals surface area contributed by atoms with Gasteiger partial charge in [-0.15, -0.1) is 34.5 Å². The van der Waals surface area contributed by atoms with Gasteiger partial charge in [-0.25, -0.2) is 0 Å². The number of hydrogen-bond donors (Lipinski definition) is 0. The summed E-state index contributed by atoms with van der Waals surface area (Å²) in [7, 11) is 0. The molecule has 0 saturated carbocycles. The molecule has 0 N–H and O–H groups in total. The van der Waals surface area contributed by atoms with Crippen LogP contribution in [0.15, 0.2) is 54.6 Å². The Hall–Kier alpha value is -1.73. The molecule has 4 aromatic carbocycles. The third-order valence-corrected chi connectivity index (χ3v) is 7.57. The second-order valence-electron chi connectivity index (χ2n) is 10.4. The predicted molar refractivity (Wildman–Crippen MR) is 136 cm³/mol. The Balaban J connectivity index is 0.000000224. The van der Waals surface area contributed by atoms with Crippen molar-refractivity contribution in [3.05, 3.63) is 105 Å². The molecule has 0 heterocycles. The van der Waals surface area contributed by atoms with Gasteiger partial charge in [0.05, 0.1) is 0 Å². The molecule has 0 atom stereocenters. The van der Waals surface area contributed by atoms with Crippen molar-refractivity contribution >= 4 is 10.8 Å².